The average Bonchev–Trinajstić information content (AvgIpc) is 3.02. The zero-order valence-corrected chi connectivity index (χ0v) is 20.1. The van der Waals surface area contributed by atoms with Gasteiger partial charge in [0.15, 0.2) is 0 Å². The van der Waals surface area contributed by atoms with Crippen LogP contribution in [0.2, 0.25) is 0 Å². The van der Waals surface area contributed by atoms with E-state index < -0.39 is 21.5 Å². The molecule has 0 saturated carbocycles. The predicted octanol–water partition coefficient (Wildman–Crippen LogP) is 2.12. The van der Waals surface area contributed by atoms with Crippen molar-refractivity contribution >= 4 is 22.6 Å². The van der Waals surface area contributed by atoms with E-state index in [4.69, 9.17) is 15.2 Å². The van der Waals surface area contributed by atoms with Crippen LogP contribution < -0.4 is 21.1 Å². The molecule has 1 aromatic carbocycles. The van der Waals surface area contributed by atoms with E-state index >= 15 is 0 Å². The summed E-state index contributed by atoms with van der Waals surface area (Å²) in [6, 6.07) is 6.76. The molecule has 1 unspecified atom stereocenters. The maximum Gasteiger partial charge on any atom is 0.249 e. The van der Waals surface area contributed by atoms with Crippen LogP contribution in [0.1, 0.15) is 19.3 Å². The van der Waals surface area contributed by atoms with Crippen molar-refractivity contribution in [3.63, 3.8) is 0 Å². The highest BCUT2D eigenvalue weighted by Crippen LogP contribution is 2.32. The highest BCUT2D eigenvalue weighted by atomic mass is 32.2. The van der Waals surface area contributed by atoms with E-state index in [0.29, 0.717) is 61.8 Å². The van der Waals surface area contributed by atoms with Crippen LogP contribution in [0.5, 0.6) is 5.75 Å². The number of carbonyl (C=O) groups excluding carboxylic acids is 2. The lowest BCUT2D eigenvalue weighted by atomic mass is 9.98. The molecule has 8 nitrogen and oxygen atoms in total. The first-order valence-electron chi connectivity index (χ1n) is 11.1. The molecule has 4 N–H and O–H groups in total. The summed E-state index contributed by atoms with van der Waals surface area (Å²) in [4.78, 5) is 24.9. The maximum atomic E-state index is 13.1. The Kier molecular flexibility index (Phi) is 11.3. The van der Waals surface area contributed by atoms with Crippen LogP contribution in [-0.4, -0.2) is 53.7 Å². The predicted molar refractivity (Wildman–Crippen MR) is 134 cm³/mol. The van der Waals surface area contributed by atoms with E-state index in [-0.39, 0.29) is 12.5 Å². The maximum absolute atomic E-state index is 13.1. The molecule has 2 aliphatic heterocycles. The van der Waals surface area contributed by atoms with E-state index in [1.165, 1.54) is 0 Å². The molecular formula is C25H33N3O5S. The van der Waals surface area contributed by atoms with Gasteiger partial charge in [0.05, 0.1) is 17.3 Å². The molecule has 0 aromatic heterocycles. The fourth-order valence-electron chi connectivity index (χ4n) is 3.44. The van der Waals surface area contributed by atoms with E-state index in [1.807, 2.05) is 24.3 Å². The van der Waals surface area contributed by atoms with Gasteiger partial charge in [-0.2, -0.15) is 0 Å². The fourth-order valence-corrected chi connectivity index (χ4v) is 5.00. The number of allylic oxidation sites excluding steroid dienone is 3. The molecule has 0 radical (unpaired) electrons. The molecule has 0 aliphatic carbocycles. The Labute approximate surface area is 203 Å². The molecule has 1 aromatic rings. The summed E-state index contributed by atoms with van der Waals surface area (Å²) < 4.78 is 23.0. The van der Waals surface area contributed by atoms with Crippen LogP contribution in [-0.2, 0) is 25.1 Å². The number of nitrogens with one attached hydrogen (secondary N) is 2. The van der Waals surface area contributed by atoms with Gasteiger partial charge < -0.3 is 25.8 Å². The number of hydrogen-bond acceptors (Lipinski definition) is 6. The molecule has 34 heavy (non-hydrogen) atoms. The Morgan fingerprint density at radius 2 is 1.82 bits per heavy atom. The van der Waals surface area contributed by atoms with Crippen LogP contribution in [0.25, 0.3) is 0 Å². The summed E-state index contributed by atoms with van der Waals surface area (Å²) in [5.74, 6) is -0.128. The molecule has 1 saturated heterocycles. The number of amides is 2. The number of ether oxygens (including phenoxy) is 2. The normalized spacial score (nSPS) is 21.2. The second-order valence-electron chi connectivity index (χ2n) is 7.45. The summed E-state index contributed by atoms with van der Waals surface area (Å²) in [5, 5.41) is 5.92. The van der Waals surface area contributed by atoms with E-state index in [9.17, 15) is 13.8 Å². The first-order chi connectivity index (χ1) is 16.5. The third-order valence-corrected chi connectivity index (χ3v) is 7.34. The summed E-state index contributed by atoms with van der Waals surface area (Å²) in [5.41, 5.74) is 6.24. The van der Waals surface area contributed by atoms with Crippen molar-refractivity contribution in [3.05, 3.63) is 73.5 Å². The zero-order chi connectivity index (χ0) is 24.8. The monoisotopic (exact) mass is 487 g/mol. The molecule has 0 spiro atoms. The smallest absolute Gasteiger partial charge is 0.249 e. The van der Waals surface area contributed by atoms with Gasteiger partial charge in [0, 0.05) is 36.4 Å². The lowest BCUT2D eigenvalue weighted by Crippen LogP contribution is -2.51. The first kappa shape index (κ1) is 27.1. The van der Waals surface area contributed by atoms with Crippen molar-refractivity contribution in [2.45, 2.75) is 28.9 Å². The summed E-state index contributed by atoms with van der Waals surface area (Å²) >= 11 is 0. The number of hydrogen-bond donors (Lipinski definition) is 3. The Balaban J connectivity index is 0.00000199. The quantitative estimate of drug-likeness (QED) is 0.382. The molecule has 2 heterocycles. The molecule has 184 valence electrons. The van der Waals surface area contributed by atoms with Gasteiger partial charge in [0.1, 0.15) is 17.1 Å². The van der Waals surface area contributed by atoms with Gasteiger partial charge >= 0.3 is 0 Å². The third-order valence-electron chi connectivity index (χ3n) is 5.32. The Morgan fingerprint density at radius 3 is 2.50 bits per heavy atom. The Morgan fingerprint density at radius 1 is 1.15 bits per heavy atom. The minimum absolute atomic E-state index is 0.147. The van der Waals surface area contributed by atoms with Crippen molar-refractivity contribution < 1.29 is 23.3 Å². The van der Waals surface area contributed by atoms with Gasteiger partial charge in [0.2, 0.25) is 11.8 Å². The molecule has 2 amide bonds. The molecule has 0 bridgehead atoms. The van der Waals surface area contributed by atoms with Crippen LogP contribution >= 0.6 is 0 Å². The summed E-state index contributed by atoms with van der Waals surface area (Å²) in [7, 11) is -1.58. The van der Waals surface area contributed by atoms with Crippen molar-refractivity contribution in [2.75, 3.05) is 32.9 Å². The van der Waals surface area contributed by atoms with Gasteiger partial charge in [-0.1, -0.05) is 24.3 Å². The van der Waals surface area contributed by atoms with Crippen molar-refractivity contribution in [1.29, 1.82) is 0 Å². The van der Waals surface area contributed by atoms with Gasteiger partial charge in [-0.15, -0.1) is 13.2 Å². The molecule has 3 rings (SSSR count). The second-order valence-corrected chi connectivity index (χ2v) is 9.24. The van der Waals surface area contributed by atoms with Gasteiger partial charge in [0.25, 0.3) is 0 Å². The molecule has 9 heteroatoms. The highest BCUT2D eigenvalue weighted by molar-refractivity contribution is 7.87. The number of primary amides is 1. The lowest BCUT2D eigenvalue weighted by Gasteiger charge is -2.33. The highest BCUT2D eigenvalue weighted by Gasteiger charge is 2.45. The van der Waals surface area contributed by atoms with Crippen LogP contribution in [0.15, 0.2) is 78.4 Å². The first-order valence-corrected chi connectivity index (χ1v) is 12.2. The van der Waals surface area contributed by atoms with Crippen molar-refractivity contribution in [3.8, 4) is 5.75 Å². The average molecular weight is 488 g/mol. The minimum Gasteiger partial charge on any atom is -0.492 e. The molecule has 1 atom stereocenters. The minimum atomic E-state index is -1.58. The lowest BCUT2D eigenvalue weighted by molar-refractivity contribution is -0.122. The standard InChI is InChI=1S/C23H29N3O5S.C2H4/c24-22(28)23(10-14-30-15-11-23)32(29)20-8-6-19(7-9-20)31-16-13-26-21(27)18-5-3-1-2-4-12-25-17-18;1-2/h1-4,6-9,17,25H,5,10-16H2,(H2,24,28)(H,26,27);1-2H2/b3-1-,4-2-,18-17+;. The number of rotatable bonds is 8. The molecule has 2 aliphatic rings. The number of nitrogens with two attached hydrogens (primary N) is 1. The number of benzene rings is 1. The van der Waals surface area contributed by atoms with E-state index in [2.05, 4.69) is 23.8 Å². The third kappa shape index (κ3) is 7.43. The van der Waals surface area contributed by atoms with Crippen LogP contribution in [0, 0.1) is 0 Å². The Hall–Kier alpha value is -3.17. The molecule has 1 fully saturated rings. The van der Waals surface area contributed by atoms with Crippen LogP contribution in [0.3, 0.4) is 0 Å². The fraction of sp³-hybridized carbons (Fsp3) is 0.360. The second kappa shape index (κ2) is 14.2. The molecular weight excluding hydrogens is 454 g/mol. The summed E-state index contributed by atoms with van der Waals surface area (Å²) in [6.07, 6.45) is 10.7. The van der Waals surface area contributed by atoms with Gasteiger partial charge in [-0.25, -0.2) is 0 Å². The van der Waals surface area contributed by atoms with Crippen molar-refractivity contribution in [1.82, 2.24) is 10.6 Å². The zero-order valence-electron chi connectivity index (χ0n) is 19.3. The Bertz CT molecular complexity index is 934. The SMILES string of the molecule is C=C.NC(=O)C1(S(=O)c2ccc(OCCNC(=O)/C3=C/NC/C=C\C=C/C3)cc2)CCOCC1. The topological polar surface area (TPSA) is 120 Å². The van der Waals surface area contributed by atoms with Gasteiger partial charge in [-0.05, 0) is 43.5 Å². The van der Waals surface area contributed by atoms with Gasteiger partial charge in [-0.3, -0.25) is 13.8 Å². The van der Waals surface area contributed by atoms with Crippen LogP contribution in [0.4, 0.5) is 0 Å². The van der Waals surface area contributed by atoms with E-state index in [0.717, 1.165) is 0 Å². The summed E-state index contributed by atoms with van der Waals surface area (Å²) in [6.45, 7) is 8.02. The largest absolute Gasteiger partial charge is 0.492 e. The van der Waals surface area contributed by atoms with E-state index in [1.54, 1.807) is 30.5 Å². The number of carbonyl (C=O) groups is 2. The van der Waals surface area contributed by atoms with Crippen molar-refractivity contribution in [2.24, 2.45) is 5.73 Å².